The molecule has 1 aromatic carbocycles. The molecular formula is C17H21N3O4. The van der Waals surface area contributed by atoms with Crippen molar-refractivity contribution in [2.45, 2.75) is 26.3 Å². The zero-order valence-corrected chi connectivity index (χ0v) is 13.6. The molecule has 1 heterocycles. The number of aliphatic hydroxyl groups is 1. The van der Waals surface area contributed by atoms with Gasteiger partial charge < -0.3 is 5.11 Å². The van der Waals surface area contributed by atoms with Crippen molar-refractivity contribution < 1.29 is 19.5 Å². The Bertz CT molecular complexity index is 642. The zero-order valence-electron chi connectivity index (χ0n) is 13.6. The normalized spacial score (nSPS) is 18.8. The lowest BCUT2D eigenvalue weighted by atomic mass is 9.96. The van der Waals surface area contributed by atoms with Gasteiger partial charge in [-0.2, -0.15) is 0 Å². The van der Waals surface area contributed by atoms with Gasteiger partial charge in [0.1, 0.15) is 0 Å². The summed E-state index contributed by atoms with van der Waals surface area (Å²) in [5, 5.41) is 11.1. The van der Waals surface area contributed by atoms with Crippen LogP contribution in [-0.4, -0.2) is 46.7 Å². The second kappa shape index (κ2) is 8.35. The average molecular weight is 331 g/mol. The van der Waals surface area contributed by atoms with Crippen molar-refractivity contribution in [3.63, 3.8) is 0 Å². The van der Waals surface area contributed by atoms with E-state index in [9.17, 15) is 14.4 Å². The van der Waals surface area contributed by atoms with Crippen molar-refractivity contribution in [1.82, 2.24) is 10.2 Å². The summed E-state index contributed by atoms with van der Waals surface area (Å²) < 4.78 is 0. The van der Waals surface area contributed by atoms with Crippen molar-refractivity contribution in [2.75, 3.05) is 13.2 Å². The second-order valence-electron chi connectivity index (χ2n) is 5.44. The maximum absolute atomic E-state index is 12.7. The highest BCUT2D eigenvalue weighted by molar-refractivity contribution is 6.27. The molecule has 2 rings (SSSR count). The van der Waals surface area contributed by atoms with Crippen molar-refractivity contribution in [3.8, 4) is 0 Å². The second-order valence-corrected chi connectivity index (χ2v) is 5.44. The number of aliphatic hydroxyl groups excluding tert-OH is 1. The molecule has 1 aliphatic heterocycles. The molecule has 128 valence electrons. The summed E-state index contributed by atoms with van der Waals surface area (Å²) in [6.07, 6.45) is 0.876. The largest absolute Gasteiger partial charge is 0.396 e. The van der Waals surface area contributed by atoms with Gasteiger partial charge in [-0.05, 0) is 18.4 Å². The Morgan fingerprint density at radius 1 is 1.25 bits per heavy atom. The number of hydrogen-bond donors (Lipinski definition) is 2. The van der Waals surface area contributed by atoms with Gasteiger partial charge in [-0.3, -0.25) is 24.8 Å². The van der Waals surface area contributed by atoms with E-state index in [1.165, 1.54) is 0 Å². The Hall–Kier alpha value is -2.54. The van der Waals surface area contributed by atoms with E-state index in [2.05, 4.69) is 10.3 Å². The molecule has 0 aromatic heterocycles. The van der Waals surface area contributed by atoms with E-state index < -0.39 is 23.8 Å². The molecule has 0 radical (unpaired) electrons. The van der Waals surface area contributed by atoms with Crippen LogP contribution >= 0.6 is 0 Å². The molecule has 1 fully saturated rings. The molecule has 1 aromatic rings. The molecule has 0 spiro atoms. The fourth-order valence-electron chi connectivity index (χ4n) is 2.52. The zero-order chi connectivity index (χ0) is 17.5. The van der Waals surface area contributed by atoms with E-state index in [4.69, 9.17) is 5.11 Å². The summed E-state index contributed by atoms with van der Waals surface area (Å²) >= 11 is 0. The highest BCUT2D eigenvalue weighted by Gasteiger charge is 2.42. The van der Waals surface area contributed by atoms with Gasteiger partial charge in [0, 0.05) is 18.9 Å². The topological polar surface area (TPSA) is 99.1 Å². The van der Waals surface area contributed by atoms with Crippen molar-refractivity contribution >= 4 is 23.6 Å². The smallest absolute Gasteiger partial charge is 0.331 e. The van der Waals surface area contributed by atoms with Gasteiger partial charge in [0.2, 0.25) is 11.8 Å². The Morgan fingerprint density at radius 2 is 1.96 bits per heavy atom. The highest BCUT2D eigenvalue weighted by atomic mass is 16.3. The Kier molecular flexibility index (Phi) is 6.20. The van der Waals surface area contributed by atoms with Crippen LogP contribution in [0.5, 0.6) is 0 Å². The molecule has 1 unspecified atom stereocenters. The van der Waals surface area contributed by atoms with Gasteiger partial charge in [0.25, 0.3) is 0 Å². The number of barbiturate groups is 1. The number of amides is 4. The van der Waals surface area contributed by atoms with E-state index in [1.54, 1.807) is 6.92 Å². The van der Waals surface area contributed by atoms with Gasteiger partial charge in [-0.1, -0.05) is 37.3 Å². The van der Waals surface area contributed by atoms with Crippen LogP contribution in [0.3, 0.4) is 0 Å². The maximum atomic E-state index is 12.7. The molecule has 0 aliphatic carbocycles. The lowest BCUT2D eigenvalue weighted by molar-refractivity contribution is -0.139. The molecule has 0 saturated carbocycles. The average Bonchev–Trinajstić information content (AvgIpc) is 2.58. The van der Waals surface area contributed by atoms with Crippen molar-refractivity contribution in [2.24, 2.45) is 10.9 Å². The van der Waals surface area contributed by atoms with Crippen molar-refractivity contribution in [1.29, 1.82) is 0 Å². The molecule has 4 amide bonds. The third kappa shape index (κ3) is 4.05. The predicted octanol–water partition coefficient (Wildman–Crippen LogP) is 1.11. The summed E-state index contributed by atoms with van der Waals surface area (Å²) in [6, 6.07) is 8.38. The number of carbonyl (C=O) groups excluding carboxylic acids is 3. The number of carbonyl (C=O) groups is 3. The number of aliphatic imine (C=N–C) groups is 1. The third-order valence-electron chi connectivity index (χ3n) is 3.76. The van der Waals surface area contributed by atoms with E-state index in [-0.39, 0.29) is 13.2 Å². The van der Waals surface area contributed by atoms with Gasteiger partial charge >= 0.3 is 6.03 Å². The molecular weight excluding hydrogens is 310 g/mol. The summed E-state index contributed by atoms with van der Waals surface area (Å²) in [7, 11) is 0. The summed E-state index contributed by atoms with van der Waals surface area (Å²) in [5.74, 6) is -2.29. The third-order valence-corrected chi connectivity index (χ3v) is 3.76. The molecule has 2 N–H and O–H groups in total. The minimum Gasteiger partial charge on any atom is -0.396 e. The van der Waals surface area contributed by atoms with Gasteiger partial charge in [0.15, 0.2) is 5.92 Å². The predicted molar refractivity (Wildman–Crippen MR) is 88.3 cm³/mol. The molecule has 7 nitrogen and oxygen atoms in total. The van der Waals surface area contributed by atoms with Crippen LogP contribution in [0.2, 0.25) is 0 Å². The van der Waals surface area contributed by atoms with Gasteiger partial charge in [-0.15, -0.1) is 0 Å². The number of hydrogen-bond acceptors (Lipinski definition) is 5. The Morgan fingerprint density at radius 3 is 2.58 bits per heavy atom. The maximum Gasteiger partial charge on any atom is 0.331 e. The number of nitrogens with one attached hydrogen (secondary N) is 1. The monoisotopic (exact) mass is 331 g/mol. The van der Waals surface area contributed by atoms with E-state index >= 15 is 0 Å². The van der Waals surface area contributed by atoms with Crippen LogP contribution in [0.4, 0.5) is 4.79 Å². The van der Waals surface area contributed by atoms with Crippen LogP contribution in [0, 0.1) is 5.92 Å². The minimum absolute atomic E-state index is 0.01000. The van der Waals surface area contributed by atoms with Crippen molar-refractivity contribution in [3.05, 3.63) is 35.9 Å². The lowest BCUT2D eigenvalue weighted by Crippen LogP contribution is -2.59. The van der Waals surface area contributed by atoms with Crippen LogP contribution < -0.4 is 5.32 Å². The van der Waals surface area contributed by atoms with E-state index in [1.807, 2.05) is 30.3 Å². The minimum atomic E-state index is -1.09. The van der Waals surface area contributed by atoms with Crippen LogP contribution in [-0.2, 0) is 16.1 Å². The molecule has 24 heavy (non-hydrogen) atoms. The van der Waals surface area contributed by atoms with Gasteiger partial charge in [0.05, 0.1) is 6.54 Å². The first-order valence-electron chi connectivity index (χ1n) is 7.92. The first kappa shape index (κ1) is 17.8. The molecule has 1 aliphatic rings. The fourth-order valence-corrected chi connectivity index (χ4v) is 2.52. The first-order chi connectivity index (χ1) is 11.6. The Balaban J connectivity index is 2.22. The number of benzene rings is 1. The van der Waals surface area contributed by atoms with Crippen LogP contribution in [0.15, 0.2) is 35.3 Å². The standard InChI is InChI=1S/C17H21N3O4/c1-2-13(18-9-6-10-21)14-15(22)19-17(24)20(16(14)23)11-12-7-4-3-5-8-12/h3-5,7-8,14,21H,2,6,9-11H2,1H3,(H,19,22,24). The quantitative estimate of drug-likeness (QED) is 0.444. The molecule has 1 atom stereocenters. The van der Waals surface area contributed by atoms with Crippen LogP contribution in [0.1, 0.15) is 25.3 Å². The van der Waals surface area contributed by atoms with Crippen LogP contribution in [0.25, 0.3) is 0 Å². The van der Waals surface area contributed by atoms with Gasteiger partial charge in [-0.25, -0.2) is 4.79 Å². The molecule has 1 saturated heterocycles. The summed E-state index contributed by atoms with van der Waals surface area (Å²) in [5.41, 5.74) is 1.22. The number of rotatable bonds is 7. The molecule has 0 bridgehead atoms. The van der Waals surface area contributed by atoms with E-state index in [0.717, 1.165) is 10.5 Å². The lowest BCUT2D eigenvalue weighted by Gasteiger charge is -2.30. The molecule has 7 heteroatoms. The SMILES string of the molecule is CCC(=NCCCO)C1C(=O)NC(=O)N(Cc2ccccc2)C1=O. The number of urea groups is 1. The fraction of sp³-hybridized carbons (Fsp3) is 0.412. The summed E-state index contributed by atoms with van der Waals surface area (Å²) in [6.45, 7) is 2.23. The Labute approximate surface area is 140 Å². The summed E-state index contributed by atoms with van der Waals surface area (Å²) in [4.78, 5) is 42.2. The number of imide groups is 2. The first-order valence-corrected chi connectivity index (χ1v) is 7.92. The van der Waals surface area contributed by atoms with E-state index in [0.29, 0.717) is 25.1 Å². The highest BCUT2D eigenvalue weighted by Crippen LogP contribution is 2.17. The number of nitrogens with zero attached hydrogens (tertiary/aromatic N) is 2.